The molecule has 0 radical (unpaired) electrons. The summed E-state index contributed by atoms with van der Waals surface area (Å²) in [4.78, 5) is 38.4. The predicted molar refractivity (Wildman–Crippen MR) is 130 cm³/mol. The van der Waals surface area contributed by atoms with Crippen LogP contribution in [-0.2, 0) is 14.4 Å². The molecule has 2 bridgehead atoms. The Labute approximate surface area is 207 Å². The van der Waals surface area contributed by atoms with E-state index in [1.54, 1.807) is 18.2 Å². The fourth-order valence-electron chi connectivity index (χ4n) is 5.15. The quantitative estimate of drug-likeness (QED) is 0.359. The van der Waals surface area contributed by atoms with Crippen LogP contribution in [0.15, 0.2) is 53.7 Å². The molecule has 1 N–H and O–H groups in total. The Hall–Kier alpha value is -3.65. The zero-order valence-corrected chi connectivity index (χ0v) is 20.0. The second kappa shape index (κ2) is 9.19. The molecule has 1 aliphatic heterocycles. The normalized spacial score (nSPS) is 24.4. The number of amides is 3. The van der Waals surface area contributed by atoms with Crippen LogP contribution in [0.1, 0.15) is 17.5 Å². The Kier molecular flexibility index (Phi) is 6.06. The molecule has 0 spiro atoms. The van der Waals surface area contributed by atoms with E-state index in [4.69, 9.17) is 21.1 Å². The number of para-hydroxylation sites is 1. The van der Waals surface area contributed by atoms with Gasteiger partial charge >= 0.3 is 0 Å². The van der Waals surface area contributed by atoms with Crippen LogP contribution < -0.4 is 14.8 Å². The first kappa shape index (κ1) is 23.1. The summed E-state index contributed by atoms with van der Waals surface area (Å²) in [7, 11) is 1.45. The number of fused-ring (bicyclic) bond motifs is 5. The number of benzene rings is 2. The number of allylic oxidation sites excluding steroid dienone is 2. The molecule has 5 rings (SSSR count). The van der Waals surface area contributed by atoms with Crippen molar-refractivity contribution in [1.29, 1.82) is 0 Å². The number of methoxy groups -OCH3 is 1. The van der Waals surface area contributed by atoms with Crippen molar-refractivity contribution in [2.45, 2.75) is 13.3 Å². The summed E-state index contributed by atoms with van der Waals surface area (Å²) in [6.45, 7) is 1.60. The van der Waals surface area contributed by atoms with Crippen molar-refractivity contribution in [2.24, 2.45) is 28.8 Å². The first-order chi connectivity index (χ1) is 16.9. The van der Waals surface area contributed by atoms with Gasteiger partial charge in [0.2, 0.25) is 0 Å². The van der Waals surface area contributed by atoms with Crippen molar-refractivity contribution in [3.8, 4) is 11.5 Å². The lowest BCUT2D eigenvalue weighted by Crippen LogP contribution is -2.28. The van der Waals surface area contributed by atoms with Gasteiger partial charge in [-0.2, -0.15) is 10.1 Å². The summed E-state index contributed by atoms with van der Waals surface area (Å²) >= 11 is 6.23. The van der Waals surface area contributed by atoms with Crippen molar-refractivity contribution in [2.75, 3.05) is 19.0 Å². The van der Waals surface area contributed by atoms with Crippen molar-refractivity contribution >= 4 is 41.2 Å². The number of carbonyl (C=O) groups is 3. The minimum atomic E-state index is -0.361. The number of hydrogen-bond acceptors (Lipinski definition) is 6. The maximum atomic E-state index is 12.9. The lowest BCUT2D eigenvalue weighted by Gasteiger charge is -2.15. The molecule has 180 valence electrons. The minimum absolute atomic E-state index is 0.0959. The summed E-state index contributed by atoms with van der Waals surface area (Å²) in [6, 6.07) is 10.5. The van der Waals surface area contributed by atoms with Gasteiger partial charge in [0, 0.05) is 22.3 Å². The SMILES string of the molecule is COc1cc(Cl)cc(C=NN2C(=O)C3C4C=CC(C4)C3C2=O)c1OCC(=O)Nc1ccccc1C. The maximum absolute atomic E-state index is 12.9. The fraction of sp³-hybridized carbons (Fsp3) is 0.308. The van der Waals surface area contributed by atoms with Gasteiger partial charge in [0.1, 0.15) is 0 Å². The molecule has 1 saturated carbocycles. The van der Waals surface area contributed by atoms with Crippen LogP contribution in [0.4, 0.5) is 5.69 Å². The average Bonchev–Trinajstić information content (AvgIpc) is 3.52. The molecule has 4 unspecified atom stereocenters. The molecule has 2 aromatic rings. The number of imide groups is 1. The highest BCUT2D eigenvalue weighted by molar-refractivity contribution is 6.31. The van der Waals surface area contributed by atoms with Gasteiger partial charge in [-0.15, -0.1) is 0 Å². The molecule has 2 aromatic carbocycles. The Bertz CT molecular complexity index is 1240. The van der Waals surface area contributed by atoms with E-state index in [1.807, 2.05) is 37.3 Å². The molecule has 1 heterocycles. The number of rotatable bonds is 7. The molecule has 8 nitrogen and oxygen atoms in total. The summed E-state index contributed by atoms with van der Waals surface area (Å²) in [6.07, 6.45) is 6.24. The summed E-state index contributed by atoms with van der Waals surface area (Å²) in [5, 5.41) is 8.30. The van der Waals surface area contributed by atoms with Gasteiger partial charge in [0.25, 0.3) is 17.7 Å². The smallest absolute Gasteiger partial charge is 0.262 e. The van der Waals surface area contributed by atoms with E-state index >= 15 is 0 Å². The van der Waals surface area contributed by atoms with Gasteiger partial charge in [-0.25, -0.2) is 0 Å². The van der Waals surface area contributed by atoms with Gasteiger partial charge in [-0.05, 0) is 42.9 Å². The number of nitrogens with one attached hydrogen (secondary N) is 1. The maximum Gasteiger partial charge on any atom is 0.262 e. The second-order valence-corrected chi connectivity index (χ2v) is 9.35. The number of anilines is 1. The van der Waals surface area contributed by atoms with Crippen molar-refractivity contribution in [1.82, 2.24) is 5.01 Å². The molecule has 4 atom stereocenters. The predicted octanol–water partition coefficient (Wildman–Crippen LogP) is 3.82. The molecule has 2 aliphatic carbocycles. The third-order valence-electron chi connectivity index (χ3n) is 6.79. The topological polar surface area (TPSA) is 97.3 Å². The van der Waals surface area contributed by atoms with E-state index in [0.717, 1.165) is 17.0 Å². The Morgan fingerprint density at radius 1 is 1.17 bits per heavy atom. The van der Waals surface area contributed by atoms with Crippen molar-refractivity contribution < 1.29 is 23.9 Å². The zero-order chi connectivity index (χ0) is 24.7. The van der Waals surface area contributed by atoms with Crippen LogP contribution in [0.3, 0.4) is 0 Å². The lowest BCUT2D eigenvalue weighted by atomic mass is 9.85. The summed E-state index contributed by atoms with van der Waals surface area (Å²) in [5.74, 6) is -0.919. The number of ether oxygens (including phenoxy) is 2. The van der Waals surface area contributed by atoms with Crippen LogP contribution in [0.25, 0.3) is 0 Å². The van der Waals surface area contributed by atoms with E-state index < -0.39 is 0 Å². The van der Waals surface area contributed by atoms with Crippen LogP contribution >= 0.6 is 11.6 Å². The number of nitrogens with zero attached hydrogens (tertiary/aromatic N) is 2. The van der Waals surface area contributed by atoms with Gasteiger partial charge in [0.15, 0.2) is 18.1 Å². The highest BCUT2D eigenvalue weighted by Gasteiger charge is 2.59. The largest absolute Gasteiger partial charge is 0.493 e. The molecule has 9 heteroatoms. The zero-order valence-electron chi connectivity index (χ0n) is 19.2. The lowest BCUT2D eigenvalue weighted by molar-refractivity contribution is -0.140. The van der Waals surface area contributed by atoms with E-state index in [1.165, 1.54) is 13.3 Å². The monoisotopic (exact) mass is 493 g/mol. The van der Waals surface area contributed by atoms with Gasteiger partial charge in [-0.1, -0.05) is 42.0 Å². The van der Waals surface area contributed by atoms with Gasteiger partial charge < -0.3 is 14.8 Å². The van der Waals surface area contributed by atoms with E-state index in [9.17, 15) is 14.4 Å². The van der Waals surface area contributed by atoms with Crippen LogP contribution in [0.5, 0.6) is 11.5 Å². The first-order valence-corrected chi connectivity index (χ1v) is 11.7. The standard InChI is InChI=1S/C26H24ClN3O5/c1-14-5-3-4-6-19(14)29-21(31)13-35-24-17(10-18(27)11-20(24)34-2)12-28-30-25(32)22-15-7-8-16(9-15)23(22)26(30)33/h3-8,10-12,15-16,22-23H,9,13H2,1-2H3,(H,29,31). The molecule has 3 aliphatic rings. The molecule has 0 aromatic heterocycles. The highest BCUT2D eigenvalue weighted by Crippen LogP contribution is 2.52. The number of halogens is 1. The average molecular weight is 494 g/mol. The van der Waals surface area contributed by atoms with Gasteiger partial charge in [-0.3, -0.25) is 14.4 Å². The second-order valence-electron chi connectivity index (χ2n) is 8.91. The van der Waals surface area contributed by atoms with Crippen LogP contribution in [0, 0.1) is 30.6 Å². The third-order valence-corrected chi connectivity index (χ3v) is 7.01. The Morgan fingerprint density at radius 3 is 2.51 bits per heavy atom. The van der Waals surface area contributed by atoms with Crippen LogP contribution in [0.2, 0.25) is 5.02 Å². The summed E-state index contributed by atoms with van der Waals surface area (Å²) in [5.41, 5.74) is 1.98. The molecule has 35 heavy (non-hydrogen) atoms. The Balaban J connectivity index is 1.35. The number of hydrogen-bond donors (Lipinski definition) is 1. The number of carbonyl (C=O) groups excluding carboxylic acids is 3. The van der Waals surface area contributed by atoms with Crippen molar-refractivity contribution in [3.05, 3.63) is 64.7 Å². The fourth-order valence-corrected chi connectivity index (χ4v) is 5.36. The van der Waals surface area contributed by atoms with Gasteiger partial charge in [0.05, 0.1) is 25.2 Å². The van der Waals surface area contributed by atoms with E-state index in [2.05, 4.69) is 10.4 Å². The third kappa shape index (κ3) is 4.18. The molecule has 2 fully saturated rings. The molecule has 1 saturated heterocycles. The first-order valence-electron chi connectivity index (χ1n) is 11.3. The number of aryl methyl sites for hydroxylation is 1. The molecular weight excluding hydrogens is 470 g/mol. The van der Waals surface area contributed by atoms with Crippen LogP contribution in [-0.4, -0.2) is 42.7 Å². The molecule has 3 amide bonds. The van der Waals surface area contributed by atoms with E-state index in [0.29, 0.717) is 22.0 Å². The minimum Gasteiger partial charge on any atom is -0.493 e. The Morgan fingerprint density at radius 2 is 1.86 bits per heavy atom. The van der Waals surface area contributed by atoms with Crippen molar-refractivity contribution in [3.63, 3.8) is 0 Å². The highest BCUT2D eigenvalue weighted by atomic mass is 35.5. The summed E-state index contributed by atoms with van der Waals surface area (Å²) < 4.78 is 11.2. The van der Waals surface area contributed by atoms with E-state index in [-0.39, 0.29) is 53.7 Å². The number of hydrazone groups is 1. The molecular formula is C26H24ClN3O5.